The Balaban J connectivity index is 1.69. The highest BCUT2D eigenvalue weighted by molar-refractivity contribution is 7.80. The summed E-state index contributed by atoms with van der Waals surface area (Å²) in [4.78, 5) is 6.95. The van der Waals surface area contributed by atoms with Gasteiger partial charge in [0.05, 0.1) is 17.8 Å². The van der Waals surface area contributed by atoms with Crippen LogP contribution in [0.1, 0.15) is 45.9 Å². The second kappa shape index (κ2) is 8.49. The number of nitrogens with zero attached hydrogens (tertiary/aromatic N) is 3. The van der Waals surface area contributed by atoms with E-state index in [4.69, 9.17) is 17.2 Å². The zero-order chi connectivity index (χ0) is 23.1. The first-order valence-electron chi connectivity index (χ1n) is 11.3. The first kappa shape index (κ1) is 21.4. The van der Waals surface area contributed by atoms with Gasteiger partial charge < -0.3 is 14.8 Å². The van der Waals surface area contributed by atoms with E-state index in [1.165, 1.54) is 33.8 Å². The van der Waals surface area contributed by atoms with Crippen molar-refractivity contribution in [2.45, 2.75) is 39.8 Å². The van der Waals surface area contributed by atoms with E-state index >= 15 is 0 Å². The lowest BCUT2D eigenvalue weighted by Gasteiger charge is -2.28. The van der Waals surface area contributed by atoms with Crippen LogP contribution in [0.2, 0.25) is 0 Å². The lowest BCUT2D eigenvalue weighted by Crippen LogP contribution is -2.29. The third-order valence-corrected chi connectivity index (χ3v) is 6.98. The van der Waals surface area contributed by atoms with Gasteiger partial charge in [-0.3, -0.25) is 4.98 Å². The maximum absolute atomic E-state index is 5.91. The Morgan fingerprint density at radius 3 is 2.27 bits per heavy atom. The molecule has 1 aliphatic heterocycles. The van der Waals surface area contributed by atoms with Crippen molar-refractivity contribution in [1.29, 1.82) is 0 Å². The minimum absolute atomic E-state index is 0.0156. The lowest BCUT2D eigenvalue weighted by atomic mass is 9.96. The summed E-state index contributed by atoms with van der Waals surface area (Å²) in [6.45, 7) is 8.66. The van der Waals surface area contributed by atoms with Crippen molar-refractivity contribution in [1.82, 2.24) is 14.9 Å². The molecule has 0 bridgehead atoms. The minimum Gasteiger partial charge on any atom is -0.351 e. The van der Waals surface area contributed by atoms with Crippen LogP contribution in [0.25, 0.3) is 5.69 Å². The Bertz CT molecular complexity index is 1310. The van der Waals surface area contributed by atoms with Crippen molar-refractivity contribution in [3.63, 3.8) is 0 Å². The van der Waals surface area contributed by atoms with E-state index < -0.39 is 0 Å². The van der Waals surface area contributed by atoms with Crippen molar-refractivity contribution < 1.29 is 0 Å². The van der Waals surface area contributed by atoms with Crippen LogP contribution in [0.5, 0.6) is 0 Å². The van der Waals surface area contributed by atoms with Crippen molar-refractivity contribution in [2.24, 2.45) is 0 Å². The van der Waals surface area contributed by atoms with Gasteiger partial charge in [-0.15, -0.1) is 0 Å². The van der Waals surface area contributed by atoms with Gasteiger partial charge in [0.2, 0.25) is 0 Å². The van der Waals surface area contributed by atoms with Crippen LogP contribution < -0.4 is 10.2 Å². The molecular formula is C28H28N4S. The van der Waals surface area contributed by atoms with Crippen LogP contribution in [0.15, 0.2) is 79.0 Å². The largest absolute Gasteiger partial charge is 0.351 e. The molecule has 33 heavy (non-hydrogen) atoms. The van der Waals surface area contributed by atoms with E-state index in [1.807, 2.05) is 18.3 Å². The smallest absolute Gasteiger partial charge is 0.174 e. The molecule has 2 aromatic carbocycles. The molecule has 0 saturated carbocycles. The van der Waals surface area contributed by atoms with Crippen LogP contribution in [-0.4, -0.2) is 14.7 Å². The monoisotopic (exact) mass is 452 g/mol. The molecule has 0 unspecified atom stereocenters. The van der Waals surface area contributed by atoms with E-state index in [0.717, 1.165) is 16.5 Å². The molecule has 5 heteroatoms. The van der Waals surface area contributed by atoms with Gasteiger partial charge in [-0.05, 0) is 99.1 Å². The van der Waals surface area contributed by atoms with Gasteiger partial charge in [-0.25, -0.2) is 0 Å². The molecule has 0 aliphatic carbocycles. The second-order valence-corrected chi connectivity index (χ2v) is 9.15. The summed E-state index contributed by atoms with van der Waals surface area (Å²) < 4.78 is 2.32. The minimum atomic E-state index is -0.0509. The third kappa shape index (κ3) is 3.72. The fraction of sp³-hybridized carbons (Fsp3) is 0.214. The summed E-state index contributed by atoms with van der Waals surface area (Å²) in [6.07, 6.45) is 1.85. The Morgan fingerprint density at radius 1 is 0.818 bits per heavy atom. The Morgan fingerprint density at radius 2 is 1.58 bits per heavy atom. The van der Waals surface area contributed by atoms with E-state index in [2.05, 4.69) is 103 Å². The number of benzene rings is 2. The van der Waals surface area contributed by atoms with Gasteiger partial charge in [0, 0.05) is 29.0 Å². The number of para-hydroxylation sites is 1. The quantitative estimate of drug-likeness (QED) is 0.369. The highest BCUT2D eigenvalue weighted by Gasteiger charge is 2.42. The number of thiocarbonyl (C=S) groups is 1. The van der Waals surface area contributed by atoms with E-state index in [0.29, 0.717) is 0 Å². The van der Waals surface area contributed by atoms with E-state index in [-0.39, 0.29) is 12.1 Å². The zero-order valence-electron chi connectivity index (χ0n) is 19.4. The average Bonchev–Trinajstić information content (AvgIpc) is 3.32. The number of pyridine rings is 1. The topological polar surface area (TPSA) is 33.1 Å². The van der Waals surface area contributed by atoms with Crippen LogP contribution in [0.3, 0.4) is 0 Å². The fourth-order valence-corrected chi connectivity index (χ4v) is 5.23. The predicted octanol–water partition coefficient (Wildman–Crippen LogP) is 6.28. The molecule has 5 rings (SSSR count). The summed E-state index contributed by atoms with van der Waals surface area (Å²) in [5, 5.41) is 4.31. The van der Waals surface area contributed by atoms with Gasteiger partial charge in [0.15, 0.2) is 5.11 Å². The molecule has 2 atom stereocenters. The summed E-state index contributed by atoms with van der Waals surface area (Å²) in [7, 11) is 0. The molecule has 1 N–H and O–H groups in total. The number of nitrogens with one attached hydrogen (secondary N) is 1. The first-order valence-corrected chi connectivity index (χ1v) is 11.7. The zero-order valence-corrected chi connectivity index (χ0v) is 20.2. The highest BCUT2D eigenvalue weighted by atomic mass is 32.1. The maximum atomic E-state index is 5.91. The van der Waals surface area contributed by atoms with Crippen LogP contribution >= 0.6 is 12.2 Å². The number of aromatic nitrogens is 2. The van der Waals surface area contributed by atoms with Crippen LogP contribution in [-0.2, 0) is 0 Å². The third-order valence-electron chi connectivity index (χ3n) is 6.67. The Hall–Kier alpha value is -3.44. The molecule has 0 radical (unpaired) electrons. The summed E-state index contributed by atoms with van der Waals surface area (Å²) in [5.74, 6) is 0. The highest BCUT2D eigenvalue weighted by Crippen LogP contribution is 2.44. The Labute approximate surface area is 200 Å². The standard InChI is InChI=1S/C28H28N4S/c1-18-13-14-23(16-19(18)2)32-27(26(30-28(32)33)25-12-8-9-15-29-25)24-17-20(3)31(21(24)4)22-10-6-5-7-11-22/h5-17,26-27H,1-4H3,(H,30,33)/t26-,27-/m0/s1. The molecule has 1 aliphatic rings. The number of aryl methyl sites for hydroxylation is 3. The van der Waals surface area contributed by atoms with Gasteiger partial charge in [-0.2, -0.15) is 0 Å². The second-order valence-electron chi connectivity index (χ2n) is 8.76. The maximum Gasteiger partial charge on any atom is 0.174 e. The molecule has 2 aromatic heterocycles. The molecule has 1 fully saturated rings. The molecule has 166 valence electrons. The number of hydrogen-bond acceptors (Lipinski definition) is 2. The van der Waals surface area contributed by atoms with Crippen molar-refractivity contribution in [2.75, 3.05) is 4.90 Å². The van der Waals surface area contributed by atoms with Gasteiger partial charge in [-0.1, -0.05) is 30.3 Å². The summed E-state index contributed by atoms with van der Waals surface area (Å²) >= 11 is 5.91. The van der Waals surface area contributed by atoms with E-state index in [1.54, 1.807) is 0 Å². The van der Waals surface area contributed by atoms with Gasteiger partial charge in [0.1, 0.15) is 0 Å². The normalized spacial score (nSPS) is 17.9. The van der Waals surface area contributed by atoms with Gasteiger partial charge >= 0.3 is 0 Å². The van der Waals surface area contributed by atoms with Crippen LogP contribution in [0.4, 0.5) is 5.69 Å². The molecule has 0 amide bonds. The summed E-state index contributed by atoms with van der Waals surface area (Å²) in [6, 6.07) is 25.4. The number of hydrogen-bond donors (Lipinski definition) is 1. The molecular weight excluding hydrogens is 424 g/mol. The molecule has 4 nitrogen and oxygen atoms in total. The lowest BCUT2D eigenvalue weighted by molar-refractivity contribution is 0.565. The van der Waals surface area contributed by atoms with Crippen molar-refractivity contribution in [3.05, 3.63) is 113 Å². The SMILES string of the molecule is Cc1ccc(N2C(=S)N[C@@H](c3ccccn3)[C@@H]2c2cc(C)n(-c3ccccc3)c2C)cc1C. The fourth-order valence-electron chi connectivity index (χ4n) is 4.89. The van der Waals surface area contributed by atoms with Crippen LogP contribution in [0, 0.1) is 27.7 Å². The number of anilines is 1. The van der Waals surface area contributed by atoms with Crippen molar-refractivity contribution in [3.8, 4) is 5.69 Å². The molecule has 4 aromatic rings. The molecule has 0 spiro atoms. The number of rotatable bonds is 4. The van der Waals surface area contributed by atoms with Gasteiger partial charge in [0.25, 0.3) is 0 Å². The molecule has 3 heterocycles. The summed E-state index contributed by atoms with van der Waals surface area (Å²) in [5.41, 5.74) is 9.44. The average molecular weight is 453 g/mol. The van der Waals surface area contributed by atoms with E-state index in [9.17, 15) is 0 Å². The molecule has 1 saturated heterocycles. The predicted molar refractivity (Wildman–Crippen MR) is 139 cm³/mol. The first-order chi connectivity index (χ1) is 16.0. The Kier molecular flexibility index (Phi) is 5.51. The van der Waals surface area contributed by atoms with Crippen molar-refractivity contribution >= 4 is 23.0 Å².